The third kappa shape index (κ3) is 5.00. The van der Waals surface area contributed by atoms with E-state index in [-0.39, 0.29) is 11.7 Å². The van der Waals surface area contributed by atoms with Crippen molar-refractivity contribution in [2.75, 3.05) is 36.2 Å². The zero-order valence-electron chi connectivity index (χ0n) is 20.4. The lowest BCUT2D eigenvalue weighted by atomic mass is 9.98. The van der Waals surface area contributed by atoms with Gasteiger partial charge in [-0.25, -0.2) is 9.99 Å². The SMILES string of the molecule is O=[N+]([O-])c1ccc(-c2csc(N3N=C(c4ccc(N5CCOCC5)cc4)CC3c3ccc(Cl)cc3)n2)cc1. The zero-order chi connectivity index (χ0) is 26.1. The van der Waals surface area contributed by atoms with Crippen molar-refractivity contribution in [1.82, 2.24) is 4.98 Å². The fraction of sp³-hybridized carbons (Fsp3) is 0.214. The van der Waals surface area contributed by atoms with Gasteiger partial charge >= 0.3 is 0 Å². The molecule has 2 aliphatic heterocycles. The number of morpholine rings is 1. The molecule has 0 saturated carbocycles. The molecule has 3 aromatic carbocycles. The van der Waals surface area contributed by atoms with Crippen LogP contribution in [-0.2, 0) is 4.74 Å². The predicted octanol–water partition coefficient (Wildman–Crippen LogP) is 6.56. The highest BCUT2D eigenvalue weighted by atomic mass is 35.5. The first-order valence-corrected chi connectivity index (χ1v) is 13.6. The van der Waals surface area contributed by atoms with Gasteiger partial charge in [-0.3, -0.25) is 10.1 Å². The summed E-state index contributed by atoms with van der Waals surface area (Å²) in [7, 11) is 0. The molecule has 0 spiro atoms. The van der Waals surface area contributed by atoms with Crippen molar-refractivity contribution >= 4 is 45.2 Å². The van der Waals surface area contributed by atoms with Crippen LogP contribution in [0.2, 0.25) is 5.02 Å². The van der Waals surface area contributed by atoms with E-state index in [2.05, 4.69) is 29.2 Å². The van der Waals surface area contributed by atoms with Gasteiger partial charge in [0.25, 0.3) is 5.69 Å². The number of rotatable bonds is 6. The summed E-state index contributed by atoms with van der Waals surface area (Å²) < 4.78 is 5.48. The van der Waals surface area contributed by atoms with Gasteiger partial charge in [0, 0.05) is 53.3 Å². The van der Waals surface area contributed by atoms with Crippen molar-refractivity contribution in [2.45, 2.75) is 12.5 Å². The van der Waals surface area contributed by atoms with Gasteiger partial charge in [-0.15, -0.1) is 11.3 Å². The number of hydrogen-bond acceptors (Lipinski definition) is 8. The summed E-state index contributed by atoms with van der Waals surface area (Å²) >= 11 is 7.67. The fourth-order valence-corrected chi connectivity index (χ4v) is 5.71. The average molecular weight is 546 g/mol. The van der Waals surface area contributed by atoms with Crippen molar-refractivity contribution in [2.24, 2.45) is 5.10 Å². The van der Waals surface area contributed by atoms with E-state index >= 15 is 0 Å². The topological polar surface area (TPSA) is 84.1 Å². The number of anilines is 2. The quantitative estimate of drug-likeness (QED) is 0.201. The van der Waals surface area contributed by atoms with Crippen molar-refractivity contribution < 1.29 is 9.66 Å². The molecular formula is C28H24ClN5O3S. The number of halogens is 1. The molecule has 4 aromatic rings. The van der Waals surface area contributed by atoms with E-state index in [1.165, 1.54) is 29.2 Å². The molecule has 8 nitrogen and oxygen atoms in total. The van der Waals surface area contributed by atoms with Gasteiger partial charge in [-0.1, -0.05) is 35.9 Å². The van der Waals surface area contributed by atoms with Crippen molar-refractivity contribution in [1.29, 1.82) is 0 Å². The van der Waals surface area contributed by atoms with Crippen LogP contribution in [0.5, 0.6) is 0 Å². The first kappa shape index (κ1) is 24.5. The van der Waals surface area contributed by atoms with Crippen LogP contribution < -0.4 is 9.91 Å². The predicted molar refractivity (Wildman–Crippen MR) is 152 cm³/mol. The van der Waals surface area contributed by atoms with Crippen LogP contribution in [-0.4, -0.2) is 41.9 Å². The Bertz CT molecular complexity index is 1470. The Morgan fingerprint density at radius 2 is 1.63 bits per heavy atom. The number of ether oxygens (including phenoxy) is 1. The van der Waals surface area contributed by atoms with Crippen molar-refractivity contribution in [3.05, 3.63) is 104 Å². The number of hydrazone groups is 1. The fourth-order valence-electron chi connectivity index (χ4n) is 4.75. The van der Waals surface area contributed by atoms with E-state index in [1.807, 2.05) is 34.7 Å². The lowest BCUT2D eigenvalue weighted by Crippen LogP contribution is -2.36. The number of aromatic nitrogens is 1. The Hall–Kier alpha value is -3.79. The zero-order valence-corrected chi connectivity index (χ0v) is 21.9. The second-order valence-electron chi connectivity index (χ2n) is 9.13. The van der Waals surface area contributed by atoms with E-state index in [9.17, 15) is 10.1 Å². The highest BCUT2D eigenvalue weighted by Crippen LogP contribution is 2.40. The third-order valence-electron chi connectivity index (χ3n) is 6.80. The summed E-state index contributed by atoms with van der Waals surface area (Å²) in [6.07, 6.45) is 0.727. The van der Waals surface area contributed by atoms with Crippen LogP contribution in [0.15, 0.2) is 83.3 Å². The van der Waals surface area contributed by atoms with Crippen LogP contribution in [0.25, 0.3) is 11.3 Å². The molecule has 192 valence electrons. The van der Waals surface area contributed by atoms with E-state index < -0.39 is 4.92 Å². The maximum absolute atomic E-state index is 11.0. The van der Waals surface area contributed by atoms with Crippen LogP contribution in [0.1, 0.15) is 23.6 Å². The maximum Gasteiger partial charge on any atom is 0.269 e. The first-order chi connectivity index (χ1) is 18.5. The second kappa shape index (κ2) is 10.5. The number of nitro benzene ring substituents is 1. The van der Waals surface area contributed by atoms with Crippen LogP contribution in [0.4, 0.5) is 16.5 Å². The molecule has 3 heterocycles. The molecule has 38 heavy (non-hydrogen) atoms. The molecule has 1 saturated heterocycles. The Morgan fingerprint density at radius 1 is 0.947 bits per heavy atom. The Kier molecular flexibility index (Phi) is 6.80. The van der Waals surface area contributed by atoms with Gasteiger partial charge < -0.3 is 9.64 Å². The van der Waals surface area contributed by atoms with Crippen molar-refractivity contribution in [3.8, 4) is 11.3 Å². The number of non-ortho nitro benzene ring substituents is 1. The minimum absolute atomic E-state index is 0.0305. The lowest BCUT2D eigenvalue weighted by Gasteiger charge is -2.28. The average Bonchev–Trinajstić information content (AvgIpc) is 3.62. The van der Waals surface area contributed by atoms with Gasteiger partial charge in [-0.2, -0.15) is 5.10 Å². The molecule has 1 atom stereocenters. The Labute approximate surface area is 228 Å². The molecule has 1 fully saturated rings. The van der Waals surface area contributed by atoms with E-state index in [0.717, 1.165) is 66.0 Å². The largest absolute Gasteiger partial charge is 0.378 e. The monoisotopic (exact) mass is 545 g/mol. The van der Waals surface area contributed by atoms with Crippen LogP contribution in [0.3, 0.4) is 0 Å². The molecule has 6 rings (SSSR count). The first-order valence-electron chi connectivity index (χ1n) is 12.3. The Morgan fingerprint density at radius 3 is 2.32 bits per heavy atom. The lowest BCUT2D eigenvalue weighted by molar-refractivity contribution is -0.384. The smallest absolute Gasteiger partial charge is 0.269 e. The Balaban J connectivity index is 1.30. The number of nitro groups is 1. The third-order valence-corrected chi connectivity index (χ3v) is 7.89. The van der Waals surface area contributed by atoms with E-state index in [4.69, 9.17) is 26.4 Å². The van der Waals surface area contributed by atoms with Gasteiger partial charge in [0.2, 0.25) is 5.13 Å². The summed E-state index contributed by atoms with van der Waals surface area (Å²) in [6, 6.07) is 22.8. The summed E-state index contributed by atoms with van der Waals surface area (Å²) in [6.45, 7) is 3.30. The molecule has 0 aliphatic carbocycles. The normalized spacial score (nSPS) is 17.5. The molecule has 0 radical (unpaired) electrons. The number of benzene rings is 3. The summed E-state index contributed by atoms with van der Waals surface area (Å²) in [5, 5.41) is 21.4. The summed E-state index contributed by atoms with van der Waals surface area (Å²) in [5.74, 6) is 0. The van der Waals surface area contributed by atoms with E-state index in [0.29, 0.717) is 5.02 Å². The molecule has 0 bridgehead atoms. The molecule has 0 amide bonds. The highest BCUT2D eigenvalue weighted by Gasteiger charge is 2.32. The molecule has 2 aliphatic rings. The van der Waals surface area contributed by atoms with Gasteiger partial charge in [-0.05, 0) is 47.5 Å². The van der Waals surface area contributed by atoms with Crippen molar-refractivity contribution in [3.63, 3.8) is 0 Å². The van der Waals surface area contributed by atoms with Gasteiger partial charge in [0.05, 0.1) is 35.6 Å². The molecule has 0 N–H and O–H groups in total. The molecule has 10 heteroatoms. The molecule has 1 aromatic heterocycles. The summed E-state index contributed by atoms with van der Waals surface area (Å²) in [4.78, 5) is 17.8. The second-order valence-corrected chi connectivity index (χ2v) is 10.4. The minimum atomic E-state index is -0.402. The van der Waals surface area contributed by atoms with Crippen LogP contribution in [0, 0.1) is 10.1 Å². The molecular weight excluding hydrogens is 522 g/mol. The molecule has 1 unspecified atom stereocenters. The van der Waals surface area contributed by atoms with Crippen LogP contribution >= 0.6 is 22.9 Å². The number of thiazole rings is 1. The number of hydrogen-bond donors (Lipinski definition) is 0. The van der Waals surface area contributed by atoms with Gasteiger partial charge in [0.15, 0.2) is 0 Å². The van der Waals surface area contributed by atoms with Gasteiger partial charge in [0.1, 0.15) is 0 Å². The number of nitrogens with zero attached hydrogens (tertiary/aromatic N) is 5. The summed E-state index contributed by atoms with van der Waals surface area (Å²) in [5.41, 5.74) is 6.00. The highest BCUT2D eigenvalue weighted by molar-refractivity contribution is 7.14. The maximum atomic E-state index is 11.0. The minimum Gasteiger partial charge on any atom is -0.378 e. The standard InChI is InChI=1S/C28H24ClN5O3S/c29-22-7-1-21(2-8-22)27-17-25(19-3-9-23(10-4-19)32-13-15-37-16-14-32)31-33(27)28-30-26(18-38-28)20-5-11-24(12-6-20)34(35)36/h1-12,18,27H,13-17H2. The van der Waals surface area contributed by atoms with E-state index in [1.54, 1.807) is 12.1 Å².